The third-order valence-electron chi connectivity index (χ3n) is 2.91. The fourth-order valence-electron chi connectivity index (χ4n) is 1.87. The van der Waals surface area contributed by atoms with Crippen LogP contribution in [0.4, 0.5) is 0 Å². The van der Waals surface area contributed by atoms with Crippen molar-refractivity contribution in [2.45, 2.75) is 27.2 Å². The SMILES string of the molecule is [C-]#[N+]/C(C#N)=C\Cc1c[nH]c2ncnc(OCC(C)(C)C)c12. The van der Waals surface area contributed by atoms with E-state index >= 15 is 0 Å². The van der Waals surface area contributed by atoms with Gasteiger partial charge in [0.05, 0.1) is 24.6 Å². The lowest BCUT2D eigenvalue weighted by atomic mass is 9.99. The van der Waals surface area contributed by atoms with Crippen LogP contribution in [-0.2, 0) is 6.42 Å². The molecule has 0 radical (unpaired) electrons. The smallest absolute Gasteiger partial charge is 0.258 e. The first-order valence-corrected chi connectivity index (χ1v) is 6.86. The largest absolute Gasteiger partial charge is 0.477 e. The monoisotopic (exact) mass is 295 g/mol. The highest BCUT2D eigenvalue weighted by atomic mass is 16.5. The summed E-state index contributed by atoms with van der Waals surface area (Å²) in [6.45, 7) is 13.7. The molecule has 0 amide bonds. The lowest BCUT2D eigenvalue weighted by molar-refractivity contribution is 0.193. The predicted octanol–water partition coefficient (Wildman–Crippen LogP) is 3.25. The Morgan fingerprint density at radius 3 is 2.91 bits per heavy atom. The van der Waals surface area contributed by atoms with Gasteiger partial charge in [-0.2, -0.15) is 0 Å². The molecule has 0 saturated carbocycles. The maximum absolute atomic E-state index is 8.81. The summed E-state index contributed by atoms with van der Waals surface area (Å²) in [6, 6.07) is 1.86. The van der Waals surface area contributed by atoms with Gasteiger partial charge in [-0.05, 0) is 17.4 Å². The molecule has 0 aliphatic rings. The average molecular weight is 295 g/mol. The number of aromatic amines is 1. The highest BCUT2D eigenvalue weighted by Crippen LogP contribution is 2.27. The number of ether oxygens (including phenoxy) is 1. The molecular formula is C16H17N5O. The van der Waals surface area contributed by atoms with Crippen molar-refractivity contribution in [3.8, 4) is 11.9 Å². The van der Waals surface area contributed by atoms with Gasteiger partial charge in [0, 0.05) is 6.20 Å². The number of fused-ring (bicyclic) bond motifs is 1. The standard InChI is InChI=1S/C16H17N5O/c1-16(2,3)9-22-15-13-11(5-6-12(7-17)18-4)8-19-14(13)20-10-21-15/h6,8,10H,5,9H2,1-3H3,(H,19,20,21)/b12-6-. The Kier molecular flexibility index (Phi) is 4.43. The molecule has 6 heteroatoms. The lowest BCUT2D eigenvalue weighted by Gasteiger charge is -2.18. The molecule has 2 heterocycles. The third kappa shape index (κ3) is 3.62. The zero-order valence-electron chi connectivity index (χ0n) is 12.8. The van der Waals surface area contributed by atoms with Gasteiger partial charge in [-0.25, -0.2) is 20.1 Å². The van der Waals surface area contributed by atoms with E-state index in [1.807, 2.05) is 6.07 Å². The number of nitrogens with zero attached hydrogens (tertiary/aromatic N) is 4. The summed E-state index contributed by atoms with van der Waals surface area (Å²) in [6.07, 6.45) is 5.30. The molecule has 0 atom stereocenters. The molecule has 1 N–H and O–H groups in total. The van der Waals surface area contributed by atoms with Gasteiger partial charge in [0.1, 0.15) is 12.0 Å². The van der Waals surface area contributed by atoms with E-state index in [9.17, 15) is 0 Å². The molecule has 0 spiro atoms. The lowest BCUT2D eigenvalue weighted by Crippen LogP contribution is -2.17. The van der Waals surface area contributed by atoms with Crippen LogP contribution in [0.3, 0.4) is 0 Å². The van der Waals surface area contributed by atoms with Crippen LogP contribution in [0, 0.1) is 23.3 Å². The third-order valence-corrected chi connectivity index (χ3v) is 2.91. The Labute approximate surface area is 129 Å². The van der Waals surface area contributed by atoms with E-state index in [-0.39, 0.29) is 11.1 Å². The minimum absolute atomic E-state index is 0.0196. The normalized spacial score (nSPS) is 12.0. The van der Waals surface area contributed by atoms with E-state index in [0.29, 0.717) is 24.6 Å². The van der Waals surface area contributed by atoms with E-state index in [1.165, 1.54) is 6.33 Å². The molecule has 2 aromatic heterocycles. The molecule has 2 aromatic rings. The molecule has 22 heavy (non-hydrogen) atoms. The number of hydrogen-bond donors (Lipinski definition) is 1. The van der Waals surface area contributed by atoms with Crippen molar-refractivity contribution in [2.24, 2.45) is 5.41 Å². The molecule has 2 rings (SSSR count). The molecule has 0 aliphatic heterocycles. The van der Waals surface area contributed by atoms with Crippen LogP contribution < -0.4 is 4.74 Å². The number of allylic oxidation sites excluding steroid dienone is 2. The Morgan fingerprint density at radius 2 is 2.27 bits per heavy atom. The summed E-state index contributed by atoms with van der Waals surface area (Å²) in [5.41, 5.74) is 1.68. The molecule has 0 unspecified atom stereocenters. The van der Waals surface area contributed by atoms with Gasteiger partial charge in [0.15, 0.2) is 0 Å². The molecule has 112 valence electrons. The van der Waals surface area contributed by atoms with Gasteiger partial charge in [0.2, 0.25) is 5.88 Å². The van der Waals surface area contributed by atoms with Crippen LogP contribution in [0.25, 0.3) is 15.9 Å². The number of nitrogens with one attached hydrogen (secondary N) is 1. The number of H-pyrrole nitrogens is 1. The Morgan fingerprint density at radius 1 is 1.50 bits per heavy atom. The number of rotatable bonds is 4. The van der Waals surface area contributed by atoms with E-state index in [1.54, 1.807) is 12.3 Å². The Bertz CT molecular complexity index is 767. The molecule has 0 fully saturated rings. The highest BCUT2D eigenvalue weighted by molar-refractivity contribution is 5.84. The van der Waals surface area contributed by atoms with Crippen molar-refractivity contribution >= 4 is 11.0 Å². The topological polar surface area (TPSA) is 79.0 Å². The first-order chi connectivity index (χ1) is 10.4. The van der Waals surface area contributed by atoms with Gasteiger partial charge in [-0.1, -0.05) is 26.8 Å². The molecule has 0 saturated heterocycles. The van der Waals surface area contributed by atoms with Crippen molar-refractivity contribution in [3.63, 3.8) is 0 Å². The zero-order valence-corrected chi connectivity index (χ0v) is 12.8. The van der Waals surface area contributed by atoms with Crippen molar-refractivity contribution in [1.82, 2.24) is 15.0 Å². The minimum atomic E-state index is 0.0196. The van der Waals surface area contributed by atoms with Crippen molar-refractivity contribution < 1.29 is 4.74 Å². The molecule has 0 aromatic carbocycles. The quantitative estimate of drug-likeness (QED) is 0.693. The summed E-state index contributed by atoms with van der Waals surface area (Å²) in [5.74, 6) is 0.519. The molecule has 6 nitrogen and oxygen atoms in total. The number of hydrogen-bond acceptors (Lipinski definition) is 4. The fraction of sp³-hybridized carbons (Fsp3) is 0.375. The first kappa shape index (κ1) is 15.5. The van der Waals surface area contributed by atoms with Crippen LogP contribution in [-0.4, -0.2) is 21.6 Å². The van der Waals surface area contributed by atoms with Crippen LogP contribution in [0.2, 0.25) is 0 Å². The maximum atomic E-state index is 8.81. The molecular weight excluding hydrogens is 278 g/mol. The Balaban J connectivity index is 2.35. The van der Waals surface area contributed by atoms with Crippen molar-refractivity contribution in [3.05, 3.63) is 41.3 Å². The summed E-state index contributed by atoms with van der Waals surface area (Å²) < 4.78 is 5.82. The van der Waals surface area contributed by atoms with Gasteiger partial charge >= 0.3 is 0 Å². The predicted molar refractivity (Wildman–Crippen MR) is 82.8 cm³/mol. The fourth-order valence-corrected chi connectivity index (χ4v) is 1.87. The van der Waals surface area contributed by atoms with Gasteiger partial charge in [0.25, 0.3) is 5.70 Å². The molecule has 0 aliphatic carbocycles. The summed E-state index contributed by atoms with van der Waals surface area (Å²) in [4.78, 5) is 14.6. The summed E-state index contributed by atoms with van der Waals surface area (Å²) in [7, 11) is 0. The summed E-state index contributed by atoms with van der Waals surface area (Å²) in [5, 5.41) is 9.60. The van der Waals surface area contributed by atoms with Crippen LogP contribution in [0.5, 0.6) is 5.88 Å². The molecule has 0 bridgehead atoms. The van der Waals surface area contributed by atoms with Crippen LogP contribution >= 0.6 is 0 Å². The zero-order chi connectivity index (χ0) is 16.2. The van der Waals surface area contributed by atoms with Crippen molar-refractivity contribution in [1.29, 1.82) is 5.26 Å². The second-order valence-corrected chi connectivity index (χ2v) is 6.08. The summed E-state index contributed by atoms with van der Waals surface area (Å²) >= 11 is 0. The minimum Gasteiger partial charge on any atom is -0.477 e. The maximum Gasteiger partial charge on any atom is 0.258 e. The van der Waals surface area contributed by atoms with Gasteiger partial charge in [-0.15, -0.1) is 0 Å². The first-order valence-electron chi connectivity index (χ1n) is 6.86. The number of nitriles is 1. The van der Waals surface area contributed by atoms with Crippen LogP contribution in [0.15, 0.2) is 24.3 Å². The Hall–Kier alpha value is -2.86. The van der Waals surface area contributed by atoms with E-state index in [0.717, 1.165) is 10.9 Å². The second-order valence-electron chi connectivity index (χ2n) is 6.08. The van der Waals surface area contributed by atoms with Gasteiger partial charge in [-0.3, -0.25) is 0 Å². The van der Waals surface area contributed by atoms with Crippen molar-refractivity contribution in [2.75, 3.05) is 6.61 Å². The van der Waals surface area contributed by atoms with Crippen LogP contribution in [0.1, 0.15) is 26.3 Å². The average Bonchev–Trinajstić information content (AvgIpc) is 2.89. The van der Waals surface area contributed by atoms with E-state index in [2.05, 4.69) is 40.6 Å². The number of aromatic nitrogens is 3. The van der Waals surface area contributed by atoms with E-state index in [4.69, 9.17) is 16.6 Å². The van der Waals surface area contributed by atoms with E-state index < -0.39 is 0 Å². The second kappa shape index (κ2) is 6.28. The highest BCUT2D eigenvalue weighted by Gasteiger charge is 2.16. The van der Waals surface area contributed by atoms with Gasteiger partial charge < -0.3 is 9.72 Å².